The van der Waals surface area contributed by atoms with Crippen molar-refractivity contribution in [2.45, 2.75) is 88.6 Å². The molecule has 9 nitrogen and oxygen atoms in total. The first-order chi connectivity index (χ1) is 18.1. The van der Waals surface area contributed by atoms with Crippen molar-refractivity contribution in [2.24, 2.45) is 0 Å². The van der Waals surface area contributed by atoms with Gasteiger partial charge < -0.3 is 29.5 Å². The molecule has 2 fully saturated rings. The fraction of sp³-hybridized carbons (Fsp3) is 0.483. The maximum Gasteiger partial charge on any atom is 0.341 e. The monoisotopic (exact) mass is 520 g/mol. The van der Waals surface area contributed by atoms with Crippen molar-refractivity contribution in [2.75, 3.05) is 5.73 Å². The molecular formula is C29H32N2O7. The first-order valence-electron chi connectivity index (χ1n) is 13.2. The first-order valence-corrected chi connectivity index (χ1v) is 13.2. The minimum atomic E-state index is -0.978. The van der Waals surface area contributed by atoms with Gasteiger partial charge in [-0.15, -0.1) is 0 Å². The summed E-state index contributed by atoms with van der Waals surface area (Å²) in [7, 11) is 0. The standard InChI is InChI=1S/C29H32N2O7/c1-15-12-18(32)24-19(35-15)14-20-23(25(24)33)17-6-4-5-10-29(27(34)36-26(17)28(2,3)37-20)21(38-29)8-7-16-9-11-31-22(30)13-16/h9,11-14,17,21,26,33H,4-8,10H2,1-3H3,(H2,30,31). The third-order valence-electron chi connectivity index (χ3n) is 8.16. The number of fused-ring (bicyclic) bond motifs is 4. The van der Waals surface area contributed by atoms with E-state index in [0.29, 0.717) is 48.6 Å². The number of anilines is 1. The second-order valence-electron chi connectivity index (χ2n) is 11.2. The Kier molecular flexibility index (Phi) is 5.68. The molecule has 200 valence electrons. The van der Waals surface area contributed by atoms with Gasteiger partial charge in [0, 0.05) is 29.8 Å². The molecule has 4 atom stereocenters. The van der Waals surface area contributed by atoms with Gasteiger partial charge in [-0.25, -0.2) is 9.78 Å². The number of ether oxygens (including phenoxy) is 3. The van der Waals surface area contributed by atoms with Crippen LogP contribution in [0.2, 0.25) is 0 Å². The predicted octanol–water partition coefficient (Wildman–Crippen LogP) is 4.30. The fourth-order valence-corrected chi connectivity index (χ4v) is 6.28. The average molecular weight is 521 g/mol. The third-order valence-corrected chi connectivity index (χ3v) is 8.16. The van der Waals surface area contributed by atoms with Gasteiger partial charge in [0.1, 0.15) is 45.8 Å². The molecule has 3 aliphatic heterocycles. The normalized spacial score (nSPS) is 27.9. The van der Waals surface area contributed by atoms with Crippen LogP contribution in [-0.4, -0.2) is 39.5 Å². The molecule has 1 aromatic carbocycles. The number of phenolic OH excluding ortho intramolecular Hbond substituents is 1. The molecule has 0 amide bonds. The van der Waals surface area contributed by atoms with Crippen LogP contribution >= 0.6 is 0 Å². The minimum absolute atomic E-state index is 0.112. The van der Waals surface area contributed by atoms with Crippen molar-refractivity contribution in [3.05, 3.63) is 57.6 Å². The molecule has 1 spiro atoms. The lowest BCUT2D eigenvalue weighted by molar-refractivity contribution is -0.170. The molecule has 0 aliphatic carbocycles. The van der Waals surface area contributed by atoms with Crippen molar-refractivity contribution in [3.8, 4) is 11.5 Å². The highest BCUT2D eigenvalue weighted by molar-refractivity contribution is 5.88. The maximum absolute atomic E-state index is 13.7. The van der Waals surface area contributed by atoms with Crippen molar-refractivity contribution in [1.29, 1.82) is 0 Å². The van der Waals surface area contributed by atoms with Gasteiger partial charge in [0.05, 0.1) is 6.10 Å². The van der Waals surface area contributed by atoms with E-state index >= 15 is 0 Å². The summed E-state index contributed by atoms with van der Waals surface area (Å²) in [6.07, 6.45) is 4.92. The maximum atomic E-state index is 13.7. The van der Waals surface area contributed by atoms with Gasteiger partial charge in [-0.3, -0.25) is 4.79 Å². The van der Waals surface area contributed by atoms with E-state index in [9.17, 15) is 14.7 Å². The number of carbonyl (C=O) groups excluding carboxylic acids is 1. The topological polar surface area (TPSA) is 137 Å². The highest BCUT2D eigenvalue weighted by atomic mass is 16.7. The summed E-state index contributed by atoms with van der Waals surface area (Å²) in [6.45, 7) is 5.43. The number of phenols is 1. The van der Waals surface area contributed by atoms with E-state index in [1.54, 1.807) is 19.2 Å². The molecule has 9 heteroatoms. The number of esters is 1. The molecule has 0 saturated carbocycles. The van der Waals surface area contributed by atoms with Gasteiger partial charge in [0.2, 0.25) is 0 Å². The van der Waals surface area contributed by atoms with Crippen LogP contribution in [0.1, 0.15) is 68.8 Å². The Balaban J connectivity index is 1.31. The summed E-state index contributed by atoms with van der Waals surface area (Å²) in [4.78, 5) is 30.5. The molecular weight excluding hydrogens is 488 g/mol. The Morgan fingerprint density at radius 1 is 1.18 bits per heavy atom. The van der Waals surface area contributed by atoms with Crippen LogP contribution in [-0.2, 0) is 20.7 Å². The number of hydrogen-bond donors (Lipinski definition) is 2. The summed E-state index contributed by atoms with van der Waals surface area (Å²) in [5.41, 5.74) is 5.42. The summed E-state index contributed by atoms with van der Waals surface area (Å²) < 4.78 is 24.3. The lowest BCUT2D eigenvalue weighted by Gasteiger charge is -2.44. The van der Waals surface area contributed by atoms with Crippen LogP contribution < -0.4 is 15.9 Å². The Morgan fingerprint density at radius 3 is 2.79 bits per heavy atom. The number of rotatable bonds is 3. The van der Waals surface area contributed by atoms with E-state index in [0.717, 1.165) is 18.4 Å². The van der Waals surface area contributed by atoms with Crippen LogP contribution in [0, 0.1) is 6.92 Å². The lowest BCUT2D eigenvalue weighted by atomic mass is 9.77. The zero-order valence-corrected chi connectivity index (χ0v) is 21.8. The van der Waals surface area contributed by atoms with E-state index < -0.39 is 23.3 Å². The Labute approximate surface area is 219 Å². The highest BCUT2D eigenvalue weighted by Crippen LogP contribution is 2.53. The SMILES string of the molecule is Cc1cc(=O)c2c(O)c3c(cc2o1)OC(C)(C)C1OC(=O)C2(CCCCC31)OC2CCc1ccnc(N)c1. The molecule has 38 heavy (non-hydrogen) atoms. The molecule has 2 aromatic heterocycles. The molecule has 4 unspecified atom stereocenters. The molecule has 3 aliphatic rings. The van der Waals surface area contributed by atoms with Crippen LogP contribution in [0.5, 0.6) is 11.5 Å². The van der Waals surface area contributed by atoms with E-state index in [2.05, 4.69) is 4.98 Å². The lowest BCUT2D eigenvalue weighted by Crippen LogP contribution is -2.52. The molecule has 0 radical (unpaired) electrons. The largest absolute Gasteiger partial charge is 0.507 e. The predicted molar refractivity (Wildman–Crippen MR) is 139 cm³/mol. The second kappa shape index (κ2) is 8.73. The van der Waals surface area contributed by atoms with Gasteiger partial charge in [-0.1, -0.05) is 6.42 Å². The van der Waals surface area contributed by atoms with Crippen molar-refractivity contribution < 1.29 is 28.5 Å². The Morgan fingerprint density at radius 2 is 2.00 bits per heavy atom. The third kappa shape index (κ3) is 4.00. The summed E-state index contributed by atoms with van der Waals surface area (Å²) in [5, 5.41) is 11.4. The minimum Gasteiger partial charge on any atom is -0.507 e. The van der Waals surface area contributed by atoms with Crippen molar-refractivity contribution in [3.63, 3.8) is 0 Å². The average Bonchev–Trinajstić information content (AvgIpc) is 3.53. The number of nitrogen functional groups attached to an aromatic ring is 1. The number of hydrogen-bond acceptors (Lipinski definition) is 9. The zero-order valence-electron chi connectivity index (χ0n) is 21.8. The number of nitrogens with zero attached hydrogens (tertiary/aromatic N) is 1. The number of epoxide rings is 1. The van der Waals surface area contributed by atoms with Crippen molar-refractivity contribution in [1.82, 2.24) is 4.98 Å². The Hall–Kier alpha value is -3.59. The molecule has 3 N–H and O–H groups in total. The van der Waals surface area contributed by atoms with Crippen LogP contribution in [0.3, 0.4) is 0 Å². The first kappa shape index (κ1) is 24.7. The number of carbonyl (C=O) groups is 1. The van der Waals surface area contributed by atoms with Crippen LogP contribution in [0.25, 0.3) is 11.0 Å². The number of aromatic hydroxyl groups is 1. The van der Waals surface area contributed by atoms with E-state index in [1.165, 1.54) is 6.07 Å². The number of aryl methyl sites for hydroxylation is 2. The summed E-state index contributed by atoms with van der Waals surface area (Å²) in [5.74, 6) is 0.434. The summed E-state index contributed by atoms with van der Waals surface area (Å²) >= 11 is 0. The second-order valence-corrected chi connectivity index (χ2v) is 11.2. The van der Waals surface area contributed by atoms with Gasteiger partial charge in [0.15, 0.2) is 11.0 Å². The van der Waals surface area contributed by atoms with Gasteiger partial charge in [0.25, 0.3) is 0 Å². The van der Waals surface area contributed by atoms with E-state index in [1.807, 2.05) is 26.0 Å². The van der Waals surface area contributed by atoms with Crippen LogP contribution in [0.15, 0.2) is 39.7 Å². The number of benzene rings is 1. The highest BCUT2D eigenvalue weighted by Gasteiger charge is 2.64. The number of nitrogens with two attached hydrogens (primary N) is 1. The van der Waals surface area contributed by atoms with Gasteiger partial charge >= 0.3 is 5.97 Å². The fourth-order valence-electron chi connectivity index (χ4n) is 6.28. The quantitative estimate of drug-likeness (QED) is 0.382. The van der Waals surface area contributed by atoms with Crippen LogP contribution in [0.4, 0.5) is 5.82 Å². The van der Waals surface area contributed by atoms with Gasteiger partial charge in [-0.05, 0) is 70.6 Å². The smallest absolute Gasteiger partial charge is 0.341 e. The zero-order chi connectivity index (χ0) is 26.8. The summed E-state index contributed by atoms with van der Waals surface area (Å²) in [6, 6.07) is 6.77. The molecule has 2 saturated heterocycles. The molecule has 0 bridgehead atoms. The molecule has 5 heterocycles. The van der Waals surface area contributed by atoms with Gasteiger partial charge in [-0.2, -0.15) is 0 Å². The number of pyridine rings is 1. The molecule has 3 aromatic rings. The van der Waals surface area contributed by atoms with E-state index in [-0.39, 0.29) is 34.2 Å². The molecule has 6 rings (SSSR count). The number of aromatic nitrogens is 1. The Bertz CT molecular complexity index is 1500. The van der Waals surface area contributed by atoms with Crippen molar-refractivity contribution >= 4 is 22.8 Å². The van der Waals surface area contributed by atoms with E-state index in [4.69, 9.17) is 24.4 Å².